The van der Waals surface area contributed by atoms with Gasteiger partial charge >= 0.3 is 5.97 Å². The molecule has 0 aromatic heterocycles. The number of benzene rings is 3. The molecule has 0 aliphatic carbocycles. The molecule has 0 atom stereocenters. The van der Waals surface area contributed by atoms with Gasteiger partial charge in [-0.15, -0.1) is 0 Å². The zero-order valence-corrected chi connectivity index (χ0v) is 21.4. The van der Waals surface area contributed by atoms with E-state index in [4.69, 9.17) is 14.7 Å². The zero-order valence-electron chi connectivity index (χ0n) is 21.4. The molecule has 3 aromatic carbocycles. The first-order valence-corrected chi connectivity index (χ1v) is 12.9. The van der Waals surface area contributed by atoms with E-state index in [1.165, 1.54) is 11.6 Å². The maximum Gasteiger partial charge on any atom is 0.335 e. The highest BCUT2D eigenvalue weighted by molar-refractivity contribution is 6.01. The summed E-state index contributed by atoms with van der Waals surface area (Å²) in [6.07, 6.45) is 6.97. The molecule has 1 heterocycles. The lowest BCUT2D eigenvalue weighted by Gasteiger charge is -2.15. The Hall–Kier alpha value is -4.00. The fourth-order valence-electron chi connectivity index (χ4n) is 4.53. The van der Waals surface area contributed by atoms with Gasteiger partial charge in [-0.1, -0.05) is 41.1 Å². The molecule has 1 N–H and O–H groups in total. The number of halogens is 2. The first-order valence-electron chi connectivity index (χ1n) is 12.9. The van der Waals surface area contributed by atoms with Crippen molar-refractivity contribution < 1.29 is 28.3 Å². The fourth-order valence-corrected chi connectivity index (χ4v) is 4.53. The topological polar surface area (TPSA) is 68.1 Å². The van der Waals surface area contributed by atoms with E-state index in [0.29, 0.717) is 31.6 Å². The van der Waals surface area contributed by atoms with Crippen molar-refractivity contribution in [2.75, 3.05) is 13.2 Å². The lowest BCUT2D eigenvalue weighted by atomic mass is 9.93. The summed E-state index contributed by atoms with van der Waals surface area (Å²) in [6, 6.07) is 16.4. The Balaban J connectivity index is 1.44. The molecular weight excluding hydrogens is 488 g/mol. The molecule has 0 saturated carbocycles. The Labute approximate surface area is 221 Å². The van der Waals surface area contributed by atoms with Gasteiger partial charge in [-0.2, -0.15) is 0 Å². The fraction of sp³-hybridized carbons (Fsp3) is 0.290. The van der Waals surface area contributed by atoms with Gasteiger partial charge in [0.15, 0.2) is 11.6 Å². The molecule has 0 spiro atoms. The van der Waals surface area contributed by atoms with Crippen LogP contribution in [0.2, 0.25) is 0 Å². The summed E-state index contributed by atoms with van der Waals surface area (Å²) in [5.41, 5.74) is 5.65. The van der Waals surface area contributed by atoms with E-state index >= 15 is 0 Å². The summed E-state index contributed by atoms with van der Waals surface area (Å²) in [4.78, 5) is 16.8. The zero-order chi connectivity index (χ0) is 26.9. The van der Waals surface area contributed by atoms with Crippen molar-refractivity contribution in [2.45, 2.75) is 45.4 Å². The minimum atomic E-state index is -0.958. The van der Waals surface area contributed by atoms with Crippen molar-refractivity contribution in [3.63, 3.8) is 0 Å². The normalized spacial score (nSPS) is 14.2. The smallest absolute Gasteiger partial charge is 0.335 e. The third kappa shape index (κ3) is 7.06. The molecule has 3 aromatic rings. The molecule has 198 valence electrons. The Kier molecular flexibility index (Phi) is 9.25. The van der Waals surface area contributed by atoms with E-state index in [0.717, 1.165) is 59.9 Å². The Morgan fingerprint density at radius 1 is 0.974 bits per heavy atom. The minimum Gasteiger partial charge on any atom is -0.494 e. The number of aryl methyl sites for hydroxylation is 1. The number of nitrogens with zero attached hydrogens (tertiary/aromatic N) is 1. The number of carboxylic acids is 1. The van der Waals surface area contributed by atoms with E-state index in [1.54, 1.807) is 30.3 Å². The van der Waals surface area contributed by atoms with E-state index < -0.39 is 17.6 Å². The molecule has 5 nitrogen and oxygen atoms in total. The van der Waals surface area contributed by atoms with Gasteiger partial charge in [0, 0.05) is 6.42 Å². The monoisotopic (exact) mass is 519 g/mol. The van der Waals surface area contributed by atoms with Crippen LogP contribution < -0.4 is 4.74 Å². The average molecular weight is 520 g/mol. The van der Waals surface area contributed by atoms with Crippen LogP contribution in [0.3, 0.4) is 0 Å². The molecule has 0 fully saturated rings. The number of allylic oxidation sites excluding steroid dienone is 1. The number of oxime groups is 1. The van der Waals surface area contributed by atoms with E-state index in [2.05, 4.69) is 11.2 Å². The molecule has 0 bridgehead atoms. The summed E-state index contributed by atoms with van der Waals surface area (Å²) in [6.45, 7) is 2.89. The van der Waals surface area contributed by atoms with Crippen LogP contribution in [-0.4, -0.2) is 30.0 Å². The maximum absolute atomic E-state index is 14.0. The lowest BCUT2D eigenvalue weighted by Crippen LogP contribution is -2.06. The number of aromatic carboxylic acids is 1. The second-order valence-corrected chi connectivity index (χ2v) is 9.14. The van der Waals surface area contributed by atoms with Crippen LogP contribution in [0.25, 0.3) is 11.1 Å². The Bertz CT molecular complexity index is 1330. The first-order chi connectivity index (χ1) is 18.4. The average Bonchev–Trinajstić information content (AvgIpc) is 2.92. The number of hydrogen-bond donors (Lipinski definition) is 1. The van der Waals surface area contributed by atoms with Crippen LogP contribution in [0.1, 0.15) is 60.5 Å². The predicted octanol–water partition coefficient (Wildman–Crippen LogP) is 7.58. The molecular formula is C31H31F2NO4. The first kappa shape index (κ1) is 27.0. The SMILES string of the molecule is CCOc1ccc(-c2ccc(F)c(F)c2)c(CCC2=CCCCC(c3ccc(C(=O)O)cc3)=NOCC2)c1. The highest BCUT2D eigenvalue weighted by atomic mass is 19.2. The van der Waals surface area contributed by atoms with Crippen LogP contribution in [0.5, 0.6) is 5.75 Å². The molecule has 38 heavy (non-hydrogen) atoms. The van der Waals surface area contributed by atoms with Crippen molar-refractivity contribution in [1.29, 1.82) is 0 Å². The molecule has 4 rings (SSSR count). The van der Waals surface area contributed by atoms with E-state index in [-0.39, 0.29) is 5.56 Å². The summed E-state index contributed by atoms with van der Waals surface area (Å²) >= 11 is 0. The quantitative estimate of drug-likeness (QED) is 0.312. The third-order valence-electron chi connectivity index (χ3n) is 6.54. The molecule has 1 aliphatic rings. The van der Waals surface area contributed by atoms with Gasteiger partial charge in [0.25, 0.3) is 0 Å². The van der Waals surface area contributed by atoms with Gasteiger partial charge < -0.3 is 14.7 Å². The second kappa shape index (κ2) is 13.0. The largest absolute Gasteiger partial charge is 0.494 e. The number of carboxylic acid groups (broad SMARTS) is 1. The molecule has 0 amide bonds. The van der Waals surface area contributed by atoms with Crippen molar-refractivity contribution in [3.05, 3.63) is 101 Å². The van der Waals surface area contributed by atoms with Crippen molar-refractivity contribution in [3.8, 4) is 16.9 Å². The van der Waals surface area contributed by atoms with Crippen LogP contribution in [0, 0.1) is 11.6 Å². The number of hydrogen-bond acceptors (Lipinski definition) is 4. The minimum absolute atomic E-state index is 0.238. The molecule has 0 saturated heterocycles. The van der Waals surface area contributed by atoms with Crippen LogP contribution >= 0.6 is 0 Å². The summed E-state index contributed by atoms with van der Waals surface area (Å²) in [5.74, 6) is -1.95. The van der Waals surface area contributed by atoms with Crippen LogP contribution in [0.15, 0.2) is 77.5 Å². The van der Waals surface area contributed by atoms with Gasteiger partial charge in [-0.3, -0.25) is 0 Å². The highest BCUT2D eigenvalue weighted by Gasteiger charge is 2.13. The second-order valence-electron chi connectivity index (χ2n) is 9.14. The number of carbonyl (C=O) groups is 1. The molecule has 1 aliphatic heterocycles. The summed E-state index contributed by atoms with van der Waals surface area (Å²) < 4.78 is 33.2. The summed E-state index contributed by atoms with van der Waals surface area (Å²) in [5, 5.41) is 13.5. The van der Waals surface area contributed by atoms with Gasteiger partial charge in [0.05, 0.1) is 17.9 Å². The van der Waals surface area contributed by atoms with Gasteiger partial charge in [0.1, 0.15) is 12.4 Å². The van der Waals surface area contributed by atoms with Gasteiger partial charge in [0.2, 0.25) is 0 Å². The summed E-state index contributed by atoms with van der Waals surface area (Å²) in [7, 11) is 0. The molecule has 0 unspecified atom stereocenters. The molecule has 7 heteroatoms. The Morgan fingerprint density at radius 2 is 1.76 bits per heavy atom. The highest BCUT2D eigenvalue weighted by Crippen LogP contribution is 2.31. The molecule has 0 radical (unpaired) electrons. The number of ether oxygens (including phenoxy) is 1. The standard InChI is InChI=1S/C31H31F2NO4/c1-2-37-26-14-15-27(25-13-16-28(32)29(33)20-25)24(19-26)8-7-21-5-3-4-6-30(34-38-18-17-21)22-9-11-23(12-10-22)31(35)36/h5,9-16,19-20H,2-4,6-8,17-18H2,1H3,(H,35,36). The van der Waals surface area contributed by atoms with Crippen molar-refractivity contribution in [2.24, 2.45) is 5.16 Å². The van der Waals surface area contributed by atoms with Crippen molar-refractivity contribution in [1.82, 2.24) is 0 Å². The van der Waals surface area contributed by atoms with Gasteiger partial charge in [-0.25, -0.2) is 13.6 Å². The van der Waals surface area contributed by atoms with Crippen LogP contribution in [0.4, 0.5) is 8.78 Å². The van der Waals surface area contributed by atoms with E-state index in [1.807, 2.05) is 25.1 Å². The Morgan fingerprint density at radius 3 is 2.50 bits per heavy atom. The predicted molar refractivity (Wildman–Crippen MR) is 144 cm³/mol. The van der Waals surface area contributed by atoms with Gasteiger partial charge in [-0.05, 0) is 97.7 Å². The number of rotatable bonds is 8. The van der Waals surface area contributed by atoms with Crippen LogP contribution in [-0.2, 0) is 11.3 Å². The van der Waals surface area contributed by atoms with E-state index in [9.17, 15) is 13.6 Å². The van der Waals surface area contributed by atoms with Crippen molar-refractivity contribution >= 4 is 11.7 Å². The lowest BCUT2D eigenvalue weighted by molar-refractivity contribution is 0.0697. The maximum atomic E-state index is 14.0. The third-order valence-corrected chi connectivity index (χ3v) is 6.54.